The molecule has 0 bridgehead atoms. The predicted octanol–water partition coefficient (Wildman–Crippen LogP) is 3.26. The molecule has 0 saturated heterocycles. The molecular formula is C16H15NO5. The topological polar surface area (TPSA) is 78.7 Å². The summed E-state index contributed by atoms with van der Waals surface area (Å²) in [4.78, 5) is 22.0. The number of rotatable bonds is 7. The Hall–Kier alpha value is -2.89. The third-order valence-corrected chi connectivity index (χ3v) is 2.90. The van der Waals surface area contributed by atoms with Crippen LogP contribution in [0.4, 0.5) is 5.69 Å². The van der Waals surface area contributed by atoms with Gasteiger partial charge in [-0.25, -0.2) is 0 Å². The summed E-state index contributed by atoms with van der Waals surface area (Å²) in [6.07, 6.45) is 0. The first-order valence-corrected chi connectivity index (χ1v) is 6.73. The molecule has 0 amide bonds. The molecule has 22 heavy (non-hydrogen) atoms. The van der Waals surface area contributed by atoms with Crippen molar-refractivity contribution in [2.75, 3.05) is 13.2 Å². The van der Waals surface area contributed by atoms with Crippen LogP contribution in [0, 0.1) is 10.1 Å². The molecule has 0 N–H and O–H groups in total. The number of carbonyl (C=O) groups excluding carboxylic acids is 1. The first-order valence-electron chi connectivity index (χ1n) is 6.73. The fourth-order valence-corrected chi connectivity index (χ4v) is 1.80. The summed E-state index contributed by atoms with van der Waals surface area (Å²) in [6, 6.07) is 12.4. The second kappa shape index (κ2) is 7.21. The molecule has 0 unspecified atom stereocenters. The number of nitro benzene ring substituents is 1. The molecule has 2 aromatic rings. The molecule has 2 rings (SSSR count). The third-order valence-electron chi connectivity index (χ3n) is 2.90. The van der Waals surface area contributed by atoms with Crippen molar-refractivity contribution in [2.45, 2.75) is 6.92 Å². The molecule has 0 aliphatic rings. The van der Waals surface area contributed by atoms with Crippen LogP contribution < -0.4 is 9.47 Å². The lowest BCUT2D eigenvalue weighted by molar-refractivity contribution is -0.384. The number of nitro groups is 1. The van der Waals surface area contributed by atoms with E-state index in [2.05, 4.69) is 0 Å². The van der Waals surface area contributed by atoms with E-state index in [-0.39, 0.29) is 18.1 Å². The highest BCUT2D eigenvalue weighted by Crippen LogP contribution is 2.18. The predicted molar refractivity (Wildman–Crippen MR) is 80.5 cm³/mol. The largest absolute Gasteiger partial charge is 0.494 e. The van der Waals surface area contributed by atoms with Gasteiger partial charge in [-0.15, -0.1) is 0 Å². The molecule has 0 aliphatic carbocycles. The number of hydrogen-bond acceptors (Lipinski definition) is 5. The van der Waals surface area contributed by atoms with Crippen LogP contribution >= 0.6 is 0 Å². The van der Waals surface area contributed by atoms with Gasteiger partial charge in [0.25, 0.3) is 5.69 Å². The highest BCUT2D eigenvalue weighted by molar-refractivity contribution is 5.97. The number of hydrogen-bond donors (Lipinski definition) is 0. The van der Waals surface area contributed by atoms with Crippen LogP contribution in [0.2, 0.25) is 0 Å². The average Bonchev–Trinajstić information content (AvgIpc) is 2.54. The fourth-order valence-electron chi connectivity index (χ4n) is 1.80. The number of Topliss-reactive ketones (excluding diaryl/α,β-unsaturated/α-hetero) is 1. The summed E-state index contributed by atoms with van der Waals surface area (Å²) in [5.74, 6) is 0.932. The standard InChI is InChI=1S/C16H15NO5/c1-2-21-14-7-3-12(4-8-14)16(18)11-22-15-9-5-13(6-10-15)17(19)20/h3-10H,2,11H2,1H3. The summed E-state index contributed by atoms with van der Waals surface area (Å²) in [7, 11) is 0. The Labute approximate surface area is 127 Å². The summed E-state index contributed by atoms with van der Waals surface area (Å²) < 4.78 is 10.6. The zero-order valence-electron chi connectivity index (χ0n) is 12.0. The number of ketones is 1. The van der Waals surface area contributed by atoms with E-state index >= 15 is 0 Å². The lowest BCUT2D eigenvalue weighted by atomic mass is 10.1. The van der Waals surface area contributed by atoms with E-state index < -0.39 is 4.92 Å². The number of carbonyl (C=O) groups is 1. The normalized spacial score (nSPS) is 10.0. The van der Waals surface area contributed by atoms with Crippen LogP contribution in [0.15, 0.2) is 48.5 Å². The molecule has 114 valence electrons. The number of nitrogens with zero attached hydrogens (tertiary/aromatic N) is 1. The number of ether oxygens (including phenoxy) is 2. The van der Waals surface area contributed by atoms with Crippen molar-refractivity contribution >= 4 is 11.5 Å². The number of non-ortho nitro benzene ring substituents is 1. The van der Waals surface area contributed by atoms with Gasteiger partial charge in [0, 0.05) is 17.7 Å². The lowest BCUT2D eigenvalue weighted by Crippen LogP contribution is -2.11. The Morgan fingerprint density at radius 3 is 2.09 bits per heavy atom. The molecule has 0 aliphatic heterocycles. The molecule has 0 heterocycles. The van der Waals surface area contributed by atoms with Crippen molar-refractivity contribution in [1.29, 1.82) is 0 Å². The smallest absolute Gasteiger partial charge is 0.269 e. The minimum Gasteiger partial charge on any atom is -0.494 e. The Morgan fingerprint density at radius 1 is 1.00 bits per heavy atom. The van der Waals surface area contributed by atoms with Gasteiger partial charge in [-0.2, -0.15) is 0 Å². The average molecular weight is 301 g/mol. The van der Waals surface area contributed by atoms with Crippen LogP contribution in [0.1, 0.15) is 17.3 Å². The summed E-state index contributed by atoms with van der Waals surface area (Å²) in [6.45, 7) is 2.32. The lowest BCUT2D eigenvalue weighted by Gasteiger charge is -2.06. The second-order valence-corrected chi connectivity index (χ2v) is 4.42. The van der Waals surface area contributed by atoms with Crippen LogP contribution in [-0.2, 0) is 0 Å². The van der Waals surface area contributed by atoms with E-state index in [0.717, 1.165) is 0 Å². The van der Waals surface area contributed by atoms with Gasteiger partial charge in [-0.05, 0) is 43.3 Å². The summed E-state index contributed by atoms with van der Waals surface area (Å²) in [5.41, 5.74) is 0.496. The maximum absolute atomic E-state index is 12.0. The van der Waals surface area contributed by atoms with Gasteiger partial charge in [0.05, 0.1) is 11.5 Å². The van der Waals surface area contributed by atoms with E-state index in [0.29, 0.717) is 23.7 Å². The molecule has 0 saturated carbocycles. The molecule has 0 fully saturated rings. The molecule has 6 heteroatoms. The summed E-state index contributed by atoms with van der Waals surface area (Å²) >= 11 is 0. The molecule has 0 radical (unpaired) electrons. The molecule has 0 aromatic heterocycles. The molecule has 0 spiro atoms. The quantitative estimate of drug-likeness (QED) is 0.445. The molecule has 6 nitrogen and oxygen atoms in total. The van der Waals surface area contributed by atoms with Gasteiger partial charge in [0.15, 0.2) is 12.4 Å². The van der Waals surface area contributed by atoms with E-state index in [1.54, 1.807) is 24.3 Å². The van der Waals surface area contributed by atoms with Crippen LogP contribution in [0.3, 0.4) is 0 Å². The number of benzene rings is 2. The third kappa shape index (κ3) is 4.05. The van der Waals surface area contributed by atoms with Crippen molar-refractivity contribution < 1.29 is 19.2 Å². The Morgan fingerprint density at radius 2 is 1.55 bits per heavy atom. The molecule has 2 aromatic carbocycles. The van der Waals surface area contributed by atoms with Crippen LogP contribution in [-0.4, -0.2) is 23.9 Å². The van der Waals surface area contributed by atoms with Crippen molar-refractivity contribution in [2.24, 2.45) is 0 Å². The van der Waals surface area contributed by atoms with Gasteiger partial charge in [-0.3, -0.25) is 14.9 Å². The molecule has 0 atom stereocenters. The SMILES string of the molecule is CCOc1ccc(C(=O)COc2ccc([N+](=O)[O-])cc2)cc1. The van der Waals surface area contributed by atoms with E-state index in [1.807, 2.05) is 6.92 Å². The Bertz CT molecular complexity index is 649. The Balaban J connectivity index is 1.93. The van der Waals surface area contributed by atoms with Crippen molar-refractivity contribution in [3.63, 3.8) is 0 Å². The van der Waals surface area contributed by atoms with E-state index in [4.69, 9.17) is 9.47 Å². The first kappa shape index (κ1) is 15.5. The summed E-state index contributed by atoms with van der Waals surface area (Å²) in [5, 5.41) is 10.5. The monoisotopic (exact) mass is 301 g/mol. The second-order valence-electron chi connectivity index (χ2n) is 4.42. The first-order chi connectivity index (χ1) is 10.6. The minimum absolute atomic E-state index is 0.0230. The van der Waals surface area contributed by atoms with Crippen molar-refractivity contribution in [1.82, 2.24) is 0 Å². The van der Waals surface area contributed by atoms with Gasteiger partial charge >= 0.3 is 0 Å². The van der Waals surface area contributed by atoms with E-state index in [1.165, 1.54) is 24.3 Å². The van der Waals surface area contributed by atoms with Crippen molar-refractivity contribution in [3.05, 3.63) is 64.2 Å². The Kier molecular flexibility index (Phi) is 5.08. The van der Waals surface area contributed by atoms with Crippen LogP contribution in [0.25, 0.3) is 0 Å². The van der Waals surface area contributed by atoms with Crippen molar-refractivity contribution in [3.8, 4) is 11.5 Å². The van der Waals surface area contributed by atoms with Gasteiger partial charge in [0.1, 0.15) is 11.5 Å². The van der Waals surface area contributed by atoms with Crippen LogP contribution in [0.5, 0.6) is 11.5 Å². The minimum atomic E-state index is -0.491. The van der Waals surface area contributed by atoms with E-state index in [9.17, 15) is 14.9 Å². The zero-order chi connectivity index (χ0) is 15.9. The van der Waals surface area contributed by atoms with Gasteiger partial charge < -0.3 is 9.47 Å². The van der Waals surface area contributed by atoms with Gasteiger partial charge in [-0.1, -0.05) is 0 Å². The fraction of sp³-hybridized carbons (Fsp3) is 0.188. The highest BCUT2D eigenvalue weighted by atomic mass is 16.6. The van der Waals surface area contributed by atoms with Gasteiger partial charge in [0.2, 0.25) is 0 Å². The maximum atomic E-state index is 12.0. The maximum Gasteiger partial charge on any atom is 0.269 e. The zero-order valence-corrected chi connectivity index (χ0v) is 12.0. The molecular weight excluding hydrogens is 286 g/mol. The highest BCUT2D eigenvalue weighted by Gasteiger charge is 2.09.